The maximum atomic E-state index is 13.3. The Morgan fingerprint density at radius 2 is 2.00 bits per heavy atom. The summed E-state index contributed by atoms with van der Waals surface area (Å²) in [7, 11) is 0. The Bertz CT molecular complexity index is 890. The van der Waals surface area contributed by atoms with Crippen molar-refractivity contribution < 1.29 is 9.90 Å². The molecule has 3 rings (SSSR count). The highest BCUT2D eigenvalue weighted by Gasteiger charge is 2.33. The van der Waals surface area contributed by atoms with E-state index in [-0.39, 0.29) is 11.5 Å². The van der Waals surface area contributed by atoms with Crippen molar-refractivity contribution in [1.82, 2.24) is 10.2 Å². The number of carbonyl (C=O) groups excluding carboxylic acids is 1. The molecular weight excluding hydrogens is 344 g/mol. The Balaban J connectivity index is 2.14. The Hall–Kier alpha value is -2.92. The Kier molecular flexibility index (Phi) is 5.19. The smallest absolute Gasteiger partial charge is 0.193 e. The molecule has 132 valence electrons. The van der Waals surface area contributed by atoms with Gasteiger partial charge < -0.3 is 15.3 Å². The van der Waals surface area contributed by atoms with Gasteiger partial charge in [-0.1, -0.05) is 48.5 Å². The topological polar surface area (TPSA) is 52.6 Å². The number of aromatic hydroxyl groups is 1. The third kappa shape index (κ3) is 3.39. The molecule has 2 N–H and O–H groups in total. The summed E-state index contributed by atoms with van der Waals surface area (Å²) in [6, 6.07) is 15.6. The van der Waals surface area contributed by atoms with Crippen LogP contribution in [-0.2, 0) is 0 Å². The summed E-state index contributed by atoms with van der Waals surface area (Å²) >= 11 is 5.49. The molecule has 0 aromatic heterocycles. The van der Waals surface area contributed by atoms with Gasteiger partial charge in [-0.05, 0) is 36.8 Å². The van der Waals surface area contributed by atoms with Gasteiger partial charge >= 0.3 is 0 Å². The van der Waals surface area contributed by atoms with Crippen LogP contribution in [0.15, 0.2) is 78.5 Å². The van der Waals surface area contributed by atoms with Crippen molar-refractivity contribution in [2.45, 2.75) is 13.0 Å². The second-order valence-corrected chi connectivity index (χ2v) is 6.46. The number of allylic oxidation sites excluding steroid dienone is 1. The molecular formula is C21H20N2O2S. The quantitative estimate of drug-likeness (QED) is 0.478. The summed E-state index contributed by atoms with van der Waals surface area (Å²) in [6.45, 7) is 6.17. The number of benzene rings is 2. The van der Waals surface area contributed by atoms with E-state index in [1.807, 2.05) is 36.1 Å². The normalized spacial score (nSPS) is 17.0. The van der Waals surface area contributed by atoms with E-state index in [1.165, 1.54) is 0 Å². The zero-order valence-electron chi connectivity index (χ0n) is 14.5. The van der Waals surface area contributed by atoms with Crippen LogP contribution < -0.4 is 5.32 Å². The van der Waals surface area contributed by atoms with Gasteiger partial charge in [0.25, 0.3) is 0 Å². The van der Waals surface area contributed by atoms with E-state index in [9.17, 15) is 9.90 Å². The molecule has 1 aliphatic rings. The molecule has 1 aliphatic heterocycles. The zero-order chi connectivity index (χ0) is 18.7. The number of nitrogens with zero attached hydrogens (tertiary/aromatic N) is 1. The van der Waals surface area contributed by atoms with Gasteiger partial charge in [0.05, 0.1) is 6.04 Å². The number of phenolic OH excluding ortho intramolecular Hbond substituents is 1. The van der Waals surface area contributed by atoms with Gasteiger partial charge in [0.1, 0.15) is 5.75 Å². The van der Waals surface area contributed by atoms with E-state index in [1.54, 1.807) is 36.4 Å². The minimum absolute atomic E-state index is 0.0690. The van der Waals surface area contributed by atoms with Crippen LogP contribution in [0, 0.1) is 0 Å². The molecule has 4 nitrogen and oxygen atoms in total. The minimum Gasteiger partial charge on any atom is -0.508 e. The summed E-state index contributed by atoms with van der Waals surface area (Å²) in [5.74, 6) is 0.0772. The third-order valence-electron chi connectivity index (χ3n) is 4.39. The van der Waals surface area contributed by atoms with Gasteiger partial charge in [-0.15, -0.1) is 6.58 Å². The van der Waals surface area contributed by atoms with Crippen molar-refractivity contribution >= 4 is 23.1 Å². The first-order valence-electron chi connectivity index (χ1n) is 8.31. The van der Waals surface area contributed by atoms with Gasteiger partial charge in [0.15, 0.2) is 10.9 Å². The summed E-state index contributed by atoms with van der Waals surface area (Å²) in [4.78, 5) is 15.1. The number of thiocarbonyl (C=S) groups is 1. The van der Waals surface area contributed by atoms with E-state index >= 15 is 0 Å². The molecule has 1 atom stereocenters. The largest absolute Gasteiger partial charge is 0.508 e. The monoisotopic (exact) mass is 364 g/mol. The fraction of sp³-hybridized carbons (Fsp3) is 0.143. The molecule has 2 aromatic rings. The number of carbonyl (C=O) groups is 1. The van der Waals surface area contributed by atoms with Gasteiger partial charge in [-0.25, -0.2) is 0 Å². The van der Waals surface area contributed by atoms with Crippen molar-refractivity contribution in [3.8, 4) is 5.75 Å². The lowest BCUT2D eigenvalue weighted by molar-refractivity contribution is 0.102. The number of hydrogen-bond donors (Lipinski definition) is 2. The van der Waals surface area contributed by atoms with Crippen molar-refractivity contribution in [2.75, 3.05) is 6.54 Å². The van der Waals surface area contributed by atoms with Crippen LogP contribution in [0.3, 0.4) is 0 Å². The number of rotatable bonds is 5. The number of Topliss-reactive ketones (excluding diaryl/α,β-unsaturated/α-hetero) is 1. The lowest BCUT2D eigenvalue weighted by Gasteiger charge is -2.37. The van der Waals surface area contributed by atoms with Gasteiger partial charge in [-0.3, -0.25) is 4.79 Å². The standard InChI is InChI=1S/C21H20N2O2S/c1-3-12-23-14(2)18(20(25)15-8-5-4-6-9-15)19(22-21(23)26)16-10-7-11-17(24)13-16/h3-11,13,19,24H,1,12H2,2H3,(H,22,26). The first-order chi connectivity index (χ1) is 12.5. The van der Waals surface area contributed by atoms with Gasteiger partial charge in [0, 0.05) is 23.4 Å². The van der Waals surface area contributed by atoms with Gasteiger partial charge in [0.2, 0.25) is 0 Å². The second-order valence-electron chi connectivity index (χ2n) is 6.07. The van der Waals surface area contributed by atoms with E-state index in [0.29, 0.717) is 22.8 Å². The van der Waals surface area contributed by atoms with E-state index < -0.39 is 6.04 Å². The molecule has 0 aliphatic carbocycles. The van der Waals surface area contributed by atoms with Crippen molar-refractivity contribution in [3.63, 3.8) is 0 Å². The van der Waals surface area contributed by atoms with E-state index in [0.717, 1.165) is 11.3 Å². The maximum Gasteiger partial charge on any atom is 0.193 e. The fourth-order valence-electron chi connectivity index (χ4n) is 3.12. The molecule has 0 fully saturated rings. The van der Waals surface area contributed by atoms with Gasteiger partial charge in [-0.2, -0.15) is 0 Å². The first kappa shape index (κ1) is 17.9. The lowest BCUT2D eigenvalue weighted by Crippen LogP contribution is -2.47. The molecule has 0 bridgehead atoms. The van der Waals surface area contributed by atoms with E-state index in [2.05, 4.69) is 11.9 Å². The molecule has 1 unspecified atom stereocenters. The van der Waals surface area contributed by atoms with Crippen LogP contribution >= 0.6 is 12.2 Å². The second kappa shape index (κ2) is 7.54. The first-order valence-corrected chi connectivity index (χ1v) is 8.72. The highest BCUT2D eigenvalue weighted by Crippen LogP contribution is 2.33. The average Bonchev–Trinajstić information content (AvgIpc) is 2.65. The summed E-state index contributed by atoms with van der Waals surface area (Å²) in [6.07, 6.45) is 1.75. The number of ketones is 1. The minimum atomic E-state index is -0.427. The summed E-state index contributed by atoms with van der Waals surface area (Å²) < 4.78 is 0. The molecule has 26 heavy (non-hydrogen) atoms. The van der Waals surface area contributed by atoms with Crippen LogP contribution in [0.5, 0.6) is 5.75 Å². The molecule has 0 amide bonds. The average molecular weight is 364 g/mol. The van der Waals surface area contributed by atoms with E-state index in [4.69, 9.17) is 12.2 Å². The van der Waals surface area contributed by atoms with Crippen LogP contribution in [-0.4, -0.2) is 27.4 Å². The fourth-order valence-corrected chi connectivity index (χ4v) is 3.45. The number of phenols is 1. The highest BCUT2D eigenvalue weighted by atomic mass is 32.1. The van der Waals surface area contributed by atoms with Crippen LogP contribution in [0.1, 0.15) is 28.9 Å². The molecule has 0 saturated heterocycles. The van der Waals surface area contributed by atoms with Crippen molar-refractivity contribution in [3.05, 3.63) is 89.6 Å². The molecule has 0 saturated carbocycles. The Morgan fingerprint density at radius 3 is 2.65 bits per heavy atom. The third-order valence-corrected chi connectivity index (χ3v) is 4.73. The number of hydrogen-bond acceptors (Lipinski definition) is 3. The summed E-state index contributed by atoms with van der Waals surface area (Å²) in [5.41, 5.74) is 2.79. The Morgan fingerprint density at radius 1 is 1.27 bits per heavy atom. The molecule has 0 radical (unpaired) electrons. The van der Waals surface area contributed by atoms with Crippen molar-refractivity contribution in [1.29, 1.82) is 0 Å². The lowest BCUT2D eigenvalue weighted by atomic mass is 9.89. The SMILES string of the molecule is C=CCN1C(=S)NC(c2cccc(O)c2)C(C(=O)c2ccccc2)=C1C. The Labute approximate surface area is 158 Å². The zero-order valence-corrected chi connectivity index (χ0v) is 15.3. The van der Waals surface area contributed by atoms with Crippen LogP contribution in [0.4, 0.5) is 0 Å². The van der Waals surface area contributed by atoms with Crippen molar-refractivity contribution in [2.24, 2.45) is 0 Å². The number of nitrogens with one attached hydrogen (secondary N) is 1. The predicted octanol–water partition coefficient (Wildman–Crippen LogP) is 3.97. The van der Waals surface area contributed by atoms with Crippen LogP contribution in [0.2, 0.25) is 0 Å². The highest BCUT2D eigenvalue weighted by molar-refractivity contribution is 7.80. The summed E-state index contributed by atoms with van der Waals surface area (Å²) in [5, 5.41) is 13.6. The molecule has 1 heterocycles. The molecule has 5 heteroatoms. The van der Waals surface area contributed by atoms with Crippen LogP contribution in [0.25, 0.3) is 0 Å². The maximum absolute atomic E-state index is 13.3. The predicted molar refractivity (Wildman–Crippen MR) is 107 cm³/mol. The molecule has 2 aromatic carbocycles. The molecule has 0 spiro atoms.